The fourth-order valence-electron chi connectivity index (χ4n) is 2.89. The number of amides is 1. The molecular weight excluding hydrogens is 380 g/mol. The summed E-state index contributed by atoms with van der Waals surface area (Å²) in [5, 5.41) is 11.2. The Morgan fingerprint density at radius 1 is 1.00 bits per heavy atom. The SMILES string of the molecule is O=C(Nc1ccc(Br)cc1)c1ccc(N2CCc3ccccc32)nn1. The minimum absolute atomic E-state index is 0.275. The van der Waals surface area contributed by atoms with Crippen molar-refractivity contribution in [3.05, 3.63) is 76.4 Å². The molecule has 4 rings (SSSR count). The molecule has 0 unspecified atom stereocenters. The summed E-state index contributed by atoms with van der Waals surface area (Å²) in [7, 11) is 0. The number of carbonyl (C=O) groups excluding carboxylic acids is 1. The molecule has 25 heavy (non-hydrogen) atoms. The number of carbonyl (C=O) groups is 1. The maximum atomic E-state index is 12.3. The van der Waals surface area contributed by atoms with E-state index in [2.05, 4.69) is 48.5 Å². The Morgan fingerprint density at radius 3 is 2.56 bits per heavy atom. The van der Waals surface area contributed by atoms with Crippen LogP contribution in [0.15, 0.2) is 65.1 Å². The van der Waals surface area contributed by atoms with E-state index in [-0.39, 0.29) is 5.91 Å². The highest BCUT2D eigenvalue weighted by Crippen LogP contribution is 2.32. The van der Waals surface area contributed by atoms with Crippen LogP contribution in [-0.4, -0.2) is 22.6 Å². The molecule has 3 aromatic rings. The fourth-order valence-corrected chi connectivity index (χ4v) is 3.16. The lowest BCUT2D eigenvalue weighted by molar-refractivity contribution is 0.102. The lowest BCUT2D eigenvalue weighted by Gasteiger charge is -2.17. The number of nitrogens with zero attached hydrogens (tertiary/aromatic N) is 3. The highest BCUT2D eigenvalue weighted by Gasteiger charge is 2.21. The molecule has 5 nitrogen and oxygen atoms in total. The van der Waals surface area contributed by atoms with Gasteiger partial charge in [0.2, 0.25) is 0 Å². The molecule has 1 aromatic heterocycles. The first-order chi connectivity index (χ1) is 12.2. The molecule has 2 aromatic carbocycles. The highest BCUT2D eigenvalue weighted by molar-refractivity contribution is 9.10. The number of nitrogens with one attached hydrogen (secondary N) is 1. The van der Waals surface area contributed by atoms with E-state index in [0.717, 1.165) is 28.9 Å². The molecule has 124 valence electrons. The Kier molecular flexibility index (Phi) is 4.19. The fraction of sp³-hybridized carbons (Fsp3) is 0.105. The van der Waals surface area contributed by atoms with Gasteiger partial charge in [-0.25, -0.2) is 0 Å². The normalized spacial score (nSPS) is 12.8. The zero-order valence-corrected chi connectivity index (χ0v) is 14.9. The molecule has 6 heteroatoms. The van der Waals surface area contributed by atoms with Crippen LogP contribution >= 0.6 is 15.9 Å². The quantitative estimate of drug-likeness (QED) is 0.723. The van der Waals surface area contributed by atoms with Crippen LogP contribution in [0, 0.1) is 0 Å². The molecule has 0 radical (unpaired) electrons. The van der Waals surface area contributed by atoms with E-state index < -0.39 is 0 Å². The first kappa shape index (κ1) is 15.8. The second-order valence-corrected chi connectivity index (χ2v) is 6.68. The molecule has 2 heterocycles. The molecule has 0 aliphatic carbocycles. The van der Waals surface area contributed by atoms with Crippen molar-refractivity contribution >= 4 is 39.0 Å². The van der Waals surface area contributed by atoms with Gasteiger partial charge in [-0.15, -0.1) is 10.2 Å². The number of hydrogen-bond acceptors (Lipinski definition) is 4. The summed E-state index contributed by atoms with van der Waals surface area (Å²) < 4.78 is 0.959. The van der Waals surface area contributed by atoms with Gasteiger partial charge in [0.15, 0.2) is 11.5 Å². The van der Waals surface area contributed by atoms with Crippen molar-refractivity contribution in [3.8, 4) is 0 Å². The third-order valence-electron chi connectivity index (χ3n) is 4.15. The standard InChI is InChI=1S/C19H15BrN4O/c20-14-5-7-15(8-6-14)21-19(25)16-9-10-18(23-22-16)24-12-11-13-3-1-2-4-17(13)24/h1-10H,11-12H2,(H,21,25). The van der Waals surface area contributed by atoms with E-state index in [1.165, 1.54) is 5.56 Å². The lowest BCUT2D eigenvalue weighted by Crippen LogP contribution is -2.18. The predicted molar refractivity (Wildman–Crippen MR) is 101 cm³/mol. The second-order valence-electron chi connectivity index (χ2n) is 5.77. The minimum Gasteiger partial charge on any atom is -0.324 e. The van der Waals surface area contributed by atoms with Crippen molar-refractivity contribution in [3.63, 3.8) is 0 Å². The van der Waals surface area contributed by atoms with Gasteiger partial charge in [0, 0.05) is 22.4 Å². The maximum absolute atomic E-state index is 12.3. The van der Waals surface area contributed by atoms with Crippen LogP contribution in [0.4, 0.5) is 17.2 Å². The molecule has 1 aliphatic rings. The Hall–Kier alpha value is -2.73. The first-order valence-corrected chi connectivity index (χ1v) is 8.76. The molecule has 0 bridgehead atoms. The number of fused-ring (bicyclic) bond motifs is 1. The Labute approximate surface area is 153 Å². The molecule has 1 amide bonds. The van der Waals surface area contributed by atoms with Crippen LogP contribution in [0.3, 0.4) is 0 Å². The van der Waals surface area contributed by atoms with Crippen molar-refractivity contribution in [2.24, 2.45) is 0 Å². The zero-order chi connectivity index (χ0) is 17.2. The monoisotopic (exact) mass is 394 g/mol. The topological polar surface area (TPSA) is 58.1 Å². The van der Waals surface area contributed by atoms with Crippen LogP contribution in [0.2, 0.25) is 0 Å². The van der Waals surface area contributed by atoms with E-state index in [1.54, 1.807) is 6.07 Å². The highest BCUT2D eigenvalue weighted by atomic mass is 79.9. The molecule has 0 atom stereocenters. The van der Waals surface area contributed by atoms with Crippen molar-refractivity contribution in [1.29, 1.82) is 0 Å². The predicted octanol–water partition coefficient (Wildman–Crippen LogP) is 4.19. The van der Waals surface area contributed by atoms with Gasteiger partial charge in [0.05, 0.1) is 0 Å². The van der Waals surface area contributed by atoms with Gasteiger partial charge in [-0.1, -0.05) is 34.1 Å². The summed E-state index contributed by atoms with van der Waals surface area (Å²) in [6.07, 6.45) is 0.990. The number of benzene rings is 2. The maximum Gasteiger partial charge on any atom is 0.276 e. The van der Waals surface area contributed by atoms with Crippen LogP contribution in [0.5, 0.6) is 0 Å². The van der Waals surface area contributed by atoms with Gasteiger partial charge in [0.25, 0.3) is 5.91 Å². The van der Waals surface area contributed by atoms with Gasteiger partial charge in [0.1, 0.15) is 0 Å². The van der Waals surface area contributed by atoms with Gasteiger partial charge >= 0.3 is 0 Å². The molecular formula is C19H15BrN4O. The summed E-state index contributed by atoms with van der Waals surface area (Å²) >= 11 is 3.37. The van der Waals surface area contributed by atoms with E-state index in [1.807, 2.05) is 42.5 Å². The van der Waals surface area contributed by atoms with Crippen LogP contribution in [0.25, 0.3) is 0 Å². The van der Waals surface area contributed by atoms with Gasteiger partial charge in [-0.05, 0) is 54.4 Å². The zero-order valence-electron chi connectivity index (χ0n) is 13.3. The number of aromatic nitrogens is 2. The average Bonchev–Trinajstić information content (AvgIpc) is 3.08. The number of rotatable bonds is 3. The molecule has 1 N–H and O–H groups in total. The molecule has 0 spiro atoms. The van der Waals surface area contributed by atoms with E-state index in [4.69, 9.17) is 0 Å². The molecule has 0 saturated heterocycles. The van der Waals surface area contributed by atoms with Crippen molar-refractivity contribution in [2.45, 2.75) is 6.42 Å². The van der Waals surface area contributed by atoms with E-state index in [0.29, 0.717) is 11.4 Å². The number of hydrogen-bond donors (Lipinski definition) is 1. The number of halogens is 1. The Bertz CT molecular complexity index is 909. The van der Waals surface area contributed by atoms with Gasteiger partial charge < -0.3 is 10.2 Å². The number of anilines is 3. The number of para-hydroxylation sites is 1. The van der Waals surface area contributed by atoms with E-state index >= 15 is 0 Å². The first-order valence-electron chi connectivity index (χ1n) is 7.97. The van der Waals surface area contributed by atoms with Crippen molar-refractivity contribution in [1.82, 2.24) is 10.2 Å². The summed E-state index contributed by atoms with van der Waals surface area (Å²) in [6, 6.07) is 19.2. The van der Waals surface area contributed by atoms with Gasteiger partial charge in [-0.2, -0.15) is 0 Å². The summed E-state index contributed by atoms with van der Waals surface area (Å²) in [5.41, 5.74) is 3.47. The summed E-state index contributed by atoms with van der Waals surface area (Å²) in [5.74, 6) is 0.480. The average molecular weight is 395 g/mol. The Balaban J connectivity index is 1.50. The van der Waals surface area contributed by atoms with Crippen molar-refractivity contribution in [2.75, 3.05) is 16.8 Å². The van der Waals surface area contributed by atoms with E-state index in [9.17, 15) is 4.79 Å². The van der Waals surface area contributed by atoms with Crippen LogP contribution < -0.4 is 10.2 Å². The Morgan fingerprint density at radius 2 is 1.80 bits per heavy atom. The minimum atomic E-state index is -0.275. The summed E-state index contributed by atoms with van der Waals surface area (Å²) in [4.78, 5) is 14.4. The van der Waals surface area contributed by atoms with Crippen LogP contribution in [0.1, 0.15) is 16.1 Å². The van der Waals surface area contributed by atoms with Crippen LogP contribution in [-0.2, 0) is 6.42 Å². The largest absolute Gasteiger partial charge is 0.324 e. The van der Waals surface area contributed by atoms with Gasteiger partial charge in [-0.3, -0.25) is 4.79 Å². The van der Waals surface area contributed by atoms with Crippen molar-refractivity contribution < 1.29 is 4.79 Å². The third kappa shape index (κ3) is 3.25. The second kappa shape index (κ2) is 6.64. The molecule has 0 saturated carbocycles. The summed E-state index contributed by atoms with van der Waals surface area (Å²) in [6.45, 7) is 0.873. The lowest BCUT2D eigenvalue weighted by atomic mass is 10.2. The smallest absolute Gasteiger partial charge is 0.276 e. The molecule has 0 fully saturated rings. The molecule has 1 aliphatic heterocycles. The third-order valence-corrected chi connectivity index (χ3v) is 4.68.